The highest BCUT2D eigenvalue weighted by atomic mass is 15.3. The van der Waals surface area contributed by atoms with Gasteiger partial charge in [0.1, 0.15) is 11.9 Å². The Bertz CT molecular complexity index is 472. The van der Waals surface area contributed by atoms with E-state index in [9.17, 15) is 0 Å². The van der Waals surface area contributed by atoms with Gasteiger partial charge in [0.2, 0.25) is 0 Å². The van der Waals surface area contributed by atoms with Crippen LogP contribution >= 0.6 is 0 Å². The quantitative estimate of drug-likeness (QED) is 0.586. The Hall–Kier alpha value is -1.66. The number of hydrazine groups is 1. The molecule has 2 heterocycles. The van der Waals surface area contributed by atoms with E-state index in [4.69, 9.17) is 5.84 Å². The van der Waals surface area contributed by atoms with Crippen LogP contribution in [0.3, 0.4) is 0 Å². The highest BCUT2D eigenvalue weighted by molar-refractivity contribution is 5.16. The van der Waals surface area contributed by atoms with E-state index in [0.29, 0.717) is 0 Å². The van der Waals surface area contributed by atoms with Gasteiger partial charge in [0.05, 0.1) is 18.2 Å². The fourth-order valence-electron chi connectivity index (χ4n) is 1.95. The van der Waals surface area contributed by atoms with Gasteiger partial charge in [0.15, 0.2) is 0 Å². The molecule has 6 nitrogen and oxygen atoms in total. The third kappa shape index (κ3) is 2.22. The largest absolute Gasteiger partial charge is 0.336 e. The number of aromatic nitrogens is 4. The van der Waals surface area contributed by atoms with E-state index >= 15 is 0 Å². The van der Waals surface area contributed by atoms with Gasteiger partial charge in [-0.1, -0.05) is 6.92 Å². The lowest BCUT2D eigenvalue weighted by molar-refractivity contribution is 0.525. The summed E-state index contributed by atoms with van der Waals surface area (Å²) in [5.41, 5.74) is 3.80. The molecule has 0 aromatic carbocycles. The van der Waals surface area contributed by atoms with E-state index in [1.165, 1.54) is 0 Å². The summed E-state index contributed by atoms with van der Waals surface area (Å²) in [6, 6.07) is -0.135. The number of nitrogens with one attached hydrogen (secondary N) is 1. The van der Waals surface area contributed by atoms with Crippen molar-refractivity contribution in [3.8, 4) is 0 Å². The van der Waals surface area contributed by atoms with Gasteiger partial charge in [0.25, 0.3) is 0 Å². The zero-order chi connectivity index (χ0) is 12.3. The molecule has 0 amide bonds. The standard InChI is InChI=1S/C11H18N6/c1-3-5-17-6-4-14-11(17)10(15-12)9-7-13-8-16(9)2/h4,6-8,10,15H,3,5,12H2,1-2H3. The highest BCUT2D eigenvalue weighted by Crippen LogP contribution is 2.19. The Labute approximate surface area is 100 Å². The first kappa shape index (κ1) is 11.8. The molecule has 1 atom stereocenters. The molecule has 0 bridgehead atoms. The third-order valence-corrected chi connectivity index (χ3v) is 2.79. The van der Waals surface area contributed by atoms with Crippen molar-refractivity contribution >= 4 is 0 Å². The van der Waals surface area contributed by atoms with Crippen LogP contribution in [0.2, 0.25) is 0 Å². The van der Waals surface area contributed by atoms with Gasteiger partial charge < -0.3 is 9.13 Å². The minimum atomic E-state index is -0.135. The second-order valence-electron chi connectivity index (χ2n) is 4.01. The maximum absolute atomic E-state index is 5.64. The summed E-state index contributed by atoms with van der Waals surface area (Å²) in [6.45, 7) is 3.07. The van der Waals surface area contributed by atoms with Crippen LogP contribution < -0.4 is 11.3 Å². The highest BCUT2D eigenvalue weighted by Gasteiger charge is 2.20. The van der Waals surface area contributed by atoms with Gasteiger partial charge >= 0.3 is 0 Å². The molecule has 0 saturated carbocycles. The predicted octanol–water partition coefficient (Wildman–Crippen LogP) is 0.579. The number of rotatable bonds is 5. The van der Waals surface area contributed by atoms with E-state index in [1.54, 1.807) is 18.7 Å². The molecule has 92 valence electrons. The smallest absolute Gasteiger partial charge is 0.133 e. The van der Waals surface area contributed by atoms with Crippen molar-refractivity contribution in [1.29, 1.82) is 0 Å². The SMILES string of the molecule is CCCn1ccnc1C(NN)c1cncn1C. The maximum atomic E-state index is 5.64. The van der Waals surface area contributed by atoms with Gasteiger partial charge in [-0.3, -0.25) is 5.84 Å². The summed E-state index contributed by atoms with van der Waals surface area (Å²) < 4.78 is 4.05. The van der Waals surface area contributed by atoms with E-state index < -0.39 is 0 Å². The Kier molecular flexibility index (Phi) is 3.55. The van der Waals surface area contributed by atoms with Gasteiger partial charge in [-0.15, -0.1) is 0 Å². The first-order chi connectivity index (χ1) is 8.27. The second-order valence-corrected chi connectivity index (χ2v) is 4.01. The molecule has 0 saturated heterocycles. The third-order valence-electron chi connectivity index (χ3n) is 2.79. The molecule has 0 aliphatic heterocycles. The van der Waals surface area contributed by atoms with Crippen molar-refractivity contribution in [1.82, 2.24) is 24.5 Å². The van der Waals surface area contributed by atoms with Crippen LogP contribution in [0.5, 0.6) is 0 Å². The van der Waals surface area contributed by atoms with Gasteiger partial charge in [0, 0.05) is 26.0 Å². The summed E-state index contributed by atoms with van der Waals surface area (Å²) in [5.74, 6) is 6.56. The summed E-state index contributed by atoms with van der Waals surface area (Å²) in [4.78, 5) is 8.49. The molecule has 0 spiro atoms. The van der Waals surface area contributed by atoms with Gasteiger partial charge in [-0.2, -0.15) is 0 Å². The van der Waals surface area contributed by atoms with Crippen LogP contribution in [0.15, 0.2) is 24.9 Å². The van der Waals surface area contributed by atoms with E-state index in [0.717, 1.165) is 24.5 Å². The van der Waals surface area contributed by atoms with Crippen molar-refractivity contribution in [3.05, 3.63) is 36.4 Å². The molecule has 1 unspecified atom stereocenters. The number of hydrogen-bond donors (Lipinski definition) is 2. The summed E-state index contributed by atoms with van der Waals surface area (Å²) in [7, 11) is 1.94. The average Bonchev–Trinajstić information content (AvgIpc) is 2.92. The lowest BCUT2D eigenvalue weighted by Gasteiger charge is -2.17. The molecule has 2 aromatic heterocycles. The Balaban J connectivity index is 2.35. The molecule has 0 radical (unpaired) electrons. The predicted molar refractivity (Wildman–Crippen MR) is 64.9 cm³/mol. The zero-order valence-electron chi connectivity index (χ0n) is 10.2. The van der Waals surface area contributed by atoms with Crippen molar-refractivity contribution in [3.63, 3.8) is 0 Å². The van der Waals surface area contributed by atoms with E-state index in [1.807, 2.05) is 17.8 Å². The van der Waals surface area contributed by atoms with Crippen LogP contribution in [0.25, 0.3) is 0 Å². The number of imidazole rings is 2. The van der Waals surface area contributed by atoms with Crippen molar-refractivity contribution in [2.24, 2.45) is 12.9 Å². The number of nitrogens with zero attached hydrogens (tertiary/aromatic N) is 4. The topological polar surface area (TPSA) is 73.7 Å². The molecule has 0 fully saturated rings. The van der Waals surface area contributed by atoms with Crippen LogP contribution in [-0.4, -0.2) is 19.1 Å². The fraction of sp³-hybridized carbons (Fsp3) is 0.455. The Morgan fingerprint density at radius 1 is 1.53 bits per heavy atom. The number of hydrogen-bond acceptors (Lipinski definition) is 4. The number of aryl methyl sites for hydroxylation is 2. The van der Waals surface area contributed by atoms with Crippen LogP contribution in [-0.2, 0) is 13.6 Å². The molecular weight excluding hydrogens is 216 g/mol. The molecule has 0 aliphatic carbocycles. The first-order valence-corrected chi connectivity index (χ1v) is 5.71. The Morgan fingerprint density at radius 2 is 2.35 bits per heavy atom. The number of nitrogens with two attached hydrogens (primary N) is 1. The molecule has 17 heavy (non-hydrogen) atoms. The lowest BCUT2D eigenvalue weighted by Crippen LogP contribution is -2.32. The minimum absolute atomic E-state index is 0.135. The van der Waals surface area contributed by atoms with Crippen molar-refractivity contribution in [2.45, 2.75) is 25.9 Å². The molecule has 6 heteroatoms. The molecule has 3 N–H and O–H groups in total. The normalized spacial score (nSPS) is 12.9. The van der Waals surface area contributed by atoms with Crippen molar-refractivity contribution in [2.75, 3.05) is 0 Å². The fourth-order valence-corrected chi connectivity index (χ4v) is 1.95. The monoisotopic (exact) mass is 234 g/mol. The maximum Gasteiger partial charge on any atom is 0.133 e. The van der Waals surface area contributed by atoms with Gasteiger partial charge in [-0.25, -0.2) is 15.4 Å². The van der Waals surface area contributed by atoms with E-state index in [2.05, 4.69) is 26.9 Å². The zero-order valence-corrected chi connectivity index (χ0v) is 10.2. The molecule has 2 aromatic rings. The van der Waals surface area contributed by atoms with Crippen LogP contribution in [0.4, 0.5) is 0 Å². The second kappa shape index (κ2) is 5.11. The van der Waals surface area contributed by atoms with Crippen LogP contribution in [0, 0.1) is 0 Å². The molecule has 2 rings (SSSR count). The summed E-state index contributed by atoms with van der Waals surface area (Å²) >= 11 is 0. The molecular formula is C11H18N6. The Morgan fingerprint density at radius 3 is 2.94 bits per heavy atom. The first-order valence-electron chi connectivity index (χ1n) is 5.71. The summed E-state index contributed by atoms with van der Waals surface area (Å²) in [6.07, 6.45) is 8.39. The van der Waals surface area contributed by atoms with Gasteiger partial charge in [-0.05, 0) is 6.42 Å². The minimum Gasteiger partial charge on any atom is -0.336 e. The summed E-state index contributed by atoms with van der Waals surface area (Å²) in [5, 5.41) is 0. The lowest BCUT2D eigenvalue weighted by atomic mass is 10.2. The van der Waals surface area contributed by atoms with E-state index in [-0.39, 0.29) is 6.04 Å². The van der Waals surface area contributed by atoms with Crippen molar-refractivity contribution < 1.29 is 0 Å². The average molecular weight is 234 g/mol. The molecule has 0 aliphatic rings. The van der Waals surface area contributed by atoms with Crippen LogP contribution in [0.1, 0.15) is 30.9 Å².